The van der Waals surface area contributed by atoms with Crippen LogP contribution in [0.3, 0.4) is 0 Å². The molecule has 0 aliphatic carbocycles. The number of carbonyl (C=O) groups is 1. The van der Waals surface area contributed by atoms with Gasteiger partial charge in [0.2, 0.25) is 0 Å². The molecule has 0 aliphatic rings. The van der Waals surface area contributed by atoms with Gasteiger partial charge in [0.25, 0.3) is 0 Å². The van der Waals surface area contributed by atoms with Crippen LogP contribution in [0, 0.1) is 11.2 Å². The van der Waals surface area contributed by atoms with Crippen LogP contribution in [0.2, 0.25) is 0 Å². The summed E-state index contributed by atoms with van der Waals surface area (Å²) in [5.74, 6) is -0.353. The SMILES string of the molecule is CC(C)(C)C(=O)c1cncnc1-c1ccc(F)cc1. The average molecular weight is 258 g/mol. The maximum Gasteiger partial charge on any atom is 0.171 e. The molecule has 98 valence electrons. The van der Waals surface area contributed by atoms with E-state index in [0.717, 1.165) is 0 Å². The molecule has 1 aromatic carbocycles. The van der Waals surface area contributed by atoms with Gasteiger partial charge >= 0.3 is 0 Å². The van der Waals surface area contributed by atoms with E-state index in [0.29, 0.717) is 16.8 Å². The molecule has 0 bridgehead atoms. The van der Waals surface area contributed by atoms with Crippen LogP contribution in [-0.4, -0.2) is 15.8 Å². The van der Waals surface area contributed by atoms with Crippen LogP contribution in [0.15, 0.2) is 36.8 Å². The Hall–Kier alpha value is -2.10. The molecule has 0 unspecified atom stereocenters. The van der Waals surface area contributed by atoms with Crippen molar-refractivity contribution in [2.75, 3.05) is 0 Å². The number of nitrogens with zero attached hydrogens (tertiary/aromatic N) is 2. The summed E-state index contributed by atoms with van der Waals surface area (Å²) in [7, 11) is 0. The number of aromatic nitrogens is 2. The van der Waals surface area contributed by atoms with Crippen LogP contribution < -0.4 is 0 Å². The smallest absolute Gasteiger partial charge is 0.171 e. The first-order valence-electron chi connectivity index (χ1n) is 6.00. The molecular weight excluding hydrogens is 243 g/mol. The van der Waals surface area contributed by atoms with Crippen molar-refractivity contribution in [1.82, 2.24) is 9.97 Å². The lowest BCUT2D eigenvalue weighted by Gasteiger charge is -2.18. The minimum Gasteiger partial charge on any atom is -0.293 e. The summed E-state index contributed by atoms with van der Waals surface area (Å²) in [6, 6.07) is 5.92. The first-order valence-corrected chi connectivity index (χ1v) is 6.00. The van der Waals surface area contributed by atoms with E-state index in [9.17, 15) is 9.18 Å². The van der Waals surface area contributed by atoms with Gasteiger partial charge in [0.15, 0.2) is 5.78 Å². The maximum absolute atomic E-state index is 13.0. The van der Waals surface area contributed by atoms with Gasteiger partial charge < -0.3 is 0 Å². The lowest BCUT2D eigenvalue weighted by Crippen LogP contribution is -2.21. The minimum atomic E-state index is -0.514. The van der Waals surface area contributed by atoms with Crippen LogP contribution in [0.5, 0.6) is 0 Å². The molecule has 0 aliphatic heterocycles. The lowest BCUT2D eigenvalue weighted by atomic mass is 9.85. The van der Waals surface area contributed by atoms with E-state index < -0.39 is 5.41 Å². The summed E-state index contributed by atoms with van der Waals surface area (Å²) in [4.78, 5) is 20.4. The van der Waals surface area contributed by atoms with Crippen molar-refractivity contribution in [1.29, 1.82) is 0 Å². The van der Waals surface area contributed by atoms with Crippen LogP contribution >= 0.6 is 0 Å². The number of hydrogen-bond acceptors (Lipinski definition) is 3. The molecule has 0 saturated heterocycles. The fourth-order valence-electron chi connectivity index (χ4n) is 1.74. The van der Waals surface area contributed by atoms with Gasteiger partial charge in [-0.2, -0.15) is 0 Å². The zero-order chi connectivity index (χ0) is 14.0. The quantitative estimate of drug-likeness (QED) is 0.774. The van der Waals surface area contributed by atoms with E-state index >= 15 is 0 Å². The molecule has 1 heterocycles. The Morgan fingerprint density at radius 3 is 2.37 bits per heavy atom. The van der Waals surface area contributed by atoms with Crippen molar-refractivity contribution < 1.29 is 9.18 Å². The summed E-state index contributed by atoms with van der Waals surface area (Å²) >= 11 is 0. The minimum absolute atomic E-state index is 0.0348. The van der Waals surface area contributed by atoms with E-state index in [2.05, 4.69) is 9.97 Å². The molecule has 0 saturated carbocycles. The van der Waals surface area contributed by atoms with Crippen molar-refractivity contribution in [2.24, 2.45) is 5.41 Å². The molecule has 19 heavy (non-hydrogen) atoms. The highest BCUT2D eigenvalue weighted by molar-refractivity contribution is 6.04. The van der Waals surface area contributed by atoms with Crippen LogP contribution in [-0.2, 0) is 0 Å². The number of carbonyl (C=O) groups excluding carboxylic acids is 1. The highest BCUT2D eigenvalue weighted by Gasteiger charge is 2.26. The van der Waals surface area contributed by atoms with Crippen molar-refractivity contribution in [3.8, 4) is 11.3 Å². The highest BCUT2D eigenvalue weighted by Crippen LogP contribution is 2.27. The number of Topliss-reactive ketones (excluding diaryl/α,β-unsaturated/α-hetero) is 1. The molecule has 0 atom stereocenters. The fourth-order valence-corrected chi connectivity index (χ4v) is 1.74. The number of ketones is 1. The predicted octanol–water partition coefficient (Wildman–Crippen LogP) is 3.51. The Balaban J connectivity index is 2.53. The second-order valence-electron chi connectivity index (χ2n) is 5.37. The van der Waals surface area contributed by atoms with Crippen LogP contribution in [0.4, 0.5) is 4.39 Å². The Bertz CT molecular complexity index is 600. The summed E-state index contributed by atoms with van der Waals surface area (Å²) < 4.78 is 13.0. The monoisotopic (exact) mass is 258 g/mol. The molecule has 0 amide bonds. The second kappa shape index (κ2) is 4.88. The number of halogens is 1. The third-order valence-electron chi connectivity index (χ3n) is 2.76. The average Bonchev–Trinajstić information content (AvgIpc) is 2.38. The van der Waals surface area contributed by atoms with Crippen molar-refractivity contribution in [2.45, 2.75) is 20.8 Å². The number of benzene rings is 1. The Morgan fingerprint density at radius 2 is 1.79 bits per heavy atom. The van der Waals surface area contributed by atoms with Crippen molar-refractivity contribution in [3.63, 3.8) is 0 Å². The molecule has 4 heteroatoms. The summed E-state index contributed by atoms with van der Waals surface area (Å²) in [6.07, 6.45) is 2.90. The maximum atomic E-state index is 13.0. The van der Waals surface area contributed by atoms with E-state index in [4.69, 9.17) is 0 Å². The van der Waals surface area contributed by atoms with Crippen LogP contribution in [0.25, 0.3) is 11.3 Å². The molecule has 3 nitrogen and oxygen atoms in total. The lowest BCUT2D eigenvalue weighted by molar-refractivity contribution is 0.0858. The number of hydrogen-bond donors (Lipinski definition) is 0. The van der Waals surface area contributed by atoms with E-state index in [1.807, 2.05) is 20.8 Å². The third kappa shape index (κ3) is 2.84. The molecule has 0 N–H and O–H groups in total. The Morgan fingerprint density at radius 1 is 1.16 bits per heavy atom. The highest BCUT2D eigenvalue weighted by atomic mass is 19.1. The standard InChI is InChI=1S/C15H15FN2O/c1-15(2,3)14(19)12-8-17-9-18-13(12)10-4-6-11(16)7-5-10/h4-9H,1-3H3. The summed E-state index contributed by atoms with van der Waals surface area (Å²) in [6.45, 7) is 5.53. The van der Waals surface area contributed by atoms with Gasteiger partial charge in [-0.25, -0.2) is 14.4 Å². The zero-order valence-corrected chi connectivity index (χ0v) is 11.1. The zero-order valence-electron chi connectivity index (χ0n) is 11.1. The topological polar surface area (TPSA) is 42.9 Å². The molecule has 2 rings (SSSR count). The molecule has 0 spiro atoms. The van der Waals surface area contributed by atoms with Gasteiger partial charge in [-0.05, 0) is 24.3 Å². The Labute approximate surface area is 111 Å². The van der Waals surface area contributed by atoms with Crippen LogP contribution in [0.1, 0.15) is 31.1 Å². The van der Waals surface area contributed by atoms with Crippen molar-refractivity contribution >= 4 is 5.78 Å². The summed E-state index contributed by atoms with van der Waals surface area (Å²) in [5.41, 5.74) is 1.19. The van der Waals surface area contributed by atoms with Gasteiger partial charge in [0.1, 0.15) is 12.1 Å². The summed E-state index contributed by atoms with van der Waals surface area (Å²) in [5, 5.41) is 0. The van der Waals surface area contributed by atoms with E-state index in [1.54, 1.807) is 12.1 Å². The number of rotatable bonds is 2. The molecule has 2 aromatic rings. The normalized spacial score (nSPS) is 11.4. The predicted molar refractivity (Wildman–Crippen MR) is 71.2 cm³/mol. The van der Waals surface area contributed by atoms with Gasteiger partial charge in [-0.15, -0.1) is 0 Å². The van der Waals surface area contributed by atoms with E-state index in [1.165, 1.54) is 24.7 Å². The first-order chi connectivity index (χ1) is 8.89. The fraction of sp³-hybridized carbons (Fsp3) is 0.267. The van der Waals surface area contributed by atoms with Gasteiger partial charge in [0.05, 0.1) is 11.3 Å². The van der Waals surface area contributed by atoms with E-state index in [-0.39, 0.29) is 11.6 Å². The Kier molecular flexibility index (Phi) is 3.42. The molecule has 1 aromatic heterocycles. The molecule has 0 radical (unpaired) electrons. The first kappa shape index (κ1) is 13.3. The second-order valence-corrected chi connectivity index (χ2v) is 5.37. The van der Waals surface area contributed by atoms with Gasteiger partial charge in [-0.3, -0.25) is 4.79 Å². The van der Waals surface area contributed by atoms with Gasteiger partial charge in [-0.1, -0.05) is 20.8 Å². The largest absolute Gasteiger partial charge is 0.293 e. The van der Waals surface area contributed by atoms with Gasteiger partial charge in [0, 0.05) is 17.2 Å². The third-order valence-corrected chi connectivity index (χ3v) is 2.76. The molecular formula is C15H15FN2O. The molecule has 0 fully saturated rings. The van der Waals surface area contributed by atoms with Crippen molar-refractivity contribution in [3.05, 3.63) is 48.2 Å².